The molecular formula is C23H30N4O4S. The Morgan fingerprint density at radius 2 is 1.75 bits per heavy atom. The Morgan fingerprint density at radius 1 is 1.12 bits per heavy atom. The summed E-state index contributed by atoms with van der Waals surface area (Å²) >= 11 is 0. The number of carboxylic acid groups (broad SMARTS) is 1. The van der Waals surface area contributed by atoms with Gasteiger partial charge in [0, 0.05) is 28.7 Å². The van der Waals surface area contributed by atoms with Crippen LogP contribution in [0.4, 0.5) is 0 Å². The van der Waals surface area contributed by atoms with Gasteiger partial charge >= 0.3 is 0 Å². The van der Waals surface area contributed by atoms with Crippen molar-refractivity contribution in [2.75, 3.05) is 13.1 Å². The molecule has 8 nitrogen and oxygen atoms in total. The average molecular weight is 459 g/mol. The van der Waals surface area contributed by atoms with Gasteiger partial charge in [-0.15, -0.1) is 0 Å². The second-order valence-corrected chi connectivity index (χ2v) is 10.5. The lowest BCUT2D eigenvalue weighted by atomic mass is 9.92. The molecule has 2 aromatic heterocycles. The molecule has 1 fully saturated rings. The van der Waals surface area contributed by atoms with E-state index in [0.29, 0.717) is 4.90 Å². The molecule has 1 aliphatic heterocycles. The molecule has 0 spiro atoms. The van der Waals surface area contributed by atoms with E-state index < -0.39 is 10.0 Å². The highest BCUT2D eigenvalue weighted by atomic mass is 32.2. The van der Waals surface area contributed by atoms with Crippen LogP contribution in [-0.2, 0) is 20.2 Å². The number of benzene rings is 1. The van der Waals surface area contributed by atoms with Crippen molar-refractivity contribution in [1.82, 2.24) is 20.0 Å². The number of aromatic nitrogens is 2. The minimum absolute atomic E-state index is 0.00331. The Bertz CT molecular complexity index is 1160. The molecule has 1 saturated heterocycles. The normalized spacial score (nSPS) is 15.2. The summed E-state index contributed by atoms with van der Waals surface area (Å²) in [4.78, 5) is 16.5. The molecule has 1 aromatic carbocycles. The number of nitrogens with zero attached hydrogens (tertiary/aromatic N) is 1. The predicted octanol–water partition coefficient (Wildman–Crippen LogP) is 3.26. The van der Waals surface area contributed by atoms with Crippen LogP contribution in [0, 0.1) is 0 Å². The molecule has 4 N–H and O–H groups in total. The third-order valence-electron chi connectivity index (χ3n) is 5.48. The van der Waals surface area contributed by atoms with Crippen LogP contribution in [-0.4, -0.2) is 49.1 Å². The number of aromatic amines is 1. The second-order valence-electron chi connectivity index (χ2n) is 8.83. The number of rotatable bonds is 4. The minimum Gasteiger partial charge on any atom is -0.483 e. The van der Waals surface area contributed by atoms with Gasteiger partial charge in [0.15, 0.2) is 0 Å². The Hall–Kier alpha value is -2.75. The van der Waals surface area contributed by atoms with Crippen molar-refractivity contribution < 1.29 is 18.3 Å². The van der Waals surface area contributed by atoms with Crippen LogP contribution in [0.3, 0.4) is 0 Å². The molecule has 3 aromatic rings. The van der Waals surface area contributed by atoms with Crippen molar-refractivity contribution in [3.63, 3.8) is 0 Å². The van der Waals surface area contributed by atoms with Gasteiger partial charge in [0.05, 0.1) is 4.90 Å². The lowest BCUT2D eigenvalue weighted by Gasteiger charge is -2.23. The van der Waals surface area contributed by atoms with Crippen LogP contribution < -0.4 is 10.0 Å². The van der Waals surface area contributed by atoms with E-state index in [0.717, 1.165) is 53.8 Å². The number of piperidine rings is 1. The number of sulfonamides is 1. The summed E-state index contributed by atoms with van der Waals surface area (Å²) in [7, 11) is -3.51. The molecule has 4 rings (SSSR count). The van der Waals surface area contributed by atoms with Crippen LogP contribution in [0.15, 0.2) is 47.5 Å². The van der Waals surface area contributed by atoms with Gasteiger partial charge in [-0.1, -0.05) is 32.9 Å². The maximum atomic E-state index is 12.7. The van der Waals surface area contributed by atoms with Crippen molar-refractivity contribution in [3.05, 3.63) is 48.3 Å². The summed E-state index contributed by atoms with van der Waals surface area (Å²) in [5.74, 6) is 0. The summed E-state index contributed by atoms with van der Waals surface area (Å²) in [6, 6.07) is 11.2. The maximum Gasteiger partial charge on any atom is 0.290 e. The summed E-state index contributed by atoms with van der Waals surface area (Å²) < 4.78 is 28.3. The molecule has 0 saturated carbocycles. The summed E-state index contributed by atoms with van der Waals surface area (Å²) in [5, 5.41) is 11.2. The largest absolute Gasteiger partial charge is 0.483 e. The van der Waals surface area contributed by atoms with Gasteiger partial charge in [0.1, 0.15) is 5.65 Å². The number of carbonyl (C=O) groups is 1. The van der Waals surface area contributed by atoms with Crippen molar-refractivity contribution in [2.24, 2.45) is 0 Å². The van der Waals surface area contributed by atoms with E-state index in [1.54, 1.807) is 18.3 Å². The van der Waals surface area contributed by atoms with Crippen LogP contribution in [0.2, 0.25) is 0 Å². The molecule has 32 heavy (non-hydrogen) atoms. The first-order valence-electron chi connectivity index (χ1n) is 10.6. The monoisotopic (exact) mass is 458 g/mol. The van der Waals surface area contributed by atoms with E-state index in [1.807, 2.05) is 18.2 Å². The number of hydrogen-bond acceptors (Lipinski definition) is 5. The van der Waals surface area contributed by atoms with E-state index >= 15 is 0 Å². The first-order chi connectivity index (χ1) is 15.2. The molecule has 172 valence electrons. The van der Waals surface area contributed by atoms with E-state index in [9.17, 15) is 8.42 Å². The van der Waals surface area contributed by atoms with Gasteiger partial charge in [-0.3, -0.25) is 4.79 Å². The standard InChI is InChI=1S/C22H28N4O2S.CH2O2/c1-22(2,3)20-14-19-18(10-13-24-21(19)25-20)15-4-6-17(7-5-15)29(27,28)26-16-8-11-23-12-9-16;2-1-3/h4-7,10,13-14,16,23,26H,8-9,11-12H2,1-3H3,(H,24,25);1H,(H,2,3). The molecule has 0 radical (unpaired) electrons. The van der Waals surface area contributed by atoms with Crippen LogP contribution in [0.1, 0.15) is 39.3 Å². The lowest BCUT2D eigenvalue weighted by Crippen LogP contribution is -2.42. The summed E-state index contributed by atoms with van der Waals surface area (Å²) in [6.07, 6.45) is 3.41. The van der Waals surface area contributed by atoms with E-state index in [2.05, 4.69) is 46.8 Å². The molecule has 9 heteroatoms. The number of fused-ring (bicyclic) bond motifs is 1. The van der Waals surface area contributed by atoms with Crippen molar-refractivity contribution in [3.8, 4) is 11.1 Å². The van der Waals surface area contributed by atoms with Gasteiger partial charge in [-0.25, -0.2) is 18.1 Å². The number of pyridine rings is 1. The highest BCUT2D eigenvalue weighted by Crippen LogP contribution is 2.32. The third-order valence-corrected chi connectivity index (χ3v) is 7.01. The minimum atomic E-state index is -3.51. The van der Waals surface area contributed by atoms with Crippen molar-refractivity contribution >= 4 is 27.5 Å². The zero-order valence-corrected chi connectivity index (χ0v) is 19.4. The molecule has 0 bridgehead atoms. The Kier molecular flexibility index (Phi) is 7.33. The van der Waals surface area contributed by atoms with Gasteiger partial charge in [-0.05, 0) is 61.3 Å². The quantitative estimate of drug-likeness (QED) is 0.445. The lowest BCUT2D eigenvalue weighted by molar-refractivity contribution is -0.122. The van der Waals surface area contributed by atoms with E-state index in [1.165, 1.54) is 0 Å². The SMILES string of the molecule is CC(C)(C)c1cc2c(-c3ccc(S(=O)(=O)NC4CCNCC4)cc3)ccnc2[nH]1.O=CO. The first kappa shape index (κ1) is 23.9. The van der Waals surface area contributed by atoms with Crippen molar-refractivity contribution in [2.45, 2.75) is 50.0 Å². The molecule has 3 heterocycles. The topological polar surface area (TPSA) is 124 Å². The zero-order valence-electron chi connectivity index (χ0n) is 18.6. The maximum absolute atomic E-state index is 12.7. The molecule has 1 aliphatic rings. The molecule has 0 atom stereocenters. The van der Waals surface area contributed by atoms with Gasteiger partial charge in [-0.2, -0.15) is 0 Å². The van der Waals surface area contributed by atoms with Gasteiger partial charge < -0.3 is 15.4 Å². The Balaban J connectivity index is 0.000000913. The fourth-order valence-electron chi connectivity index (χ4n) is 3.72. The van der Waals surface area contributed by atoms with Crippen LogP contribution in [0.25, 0.3) is 22.2 Å². The van der Waals surface area contributed by atoms with Crippen LogP contribution >= 0.6 is 0 Å². The highest BCUT2D eigenvalue weighted by molar-refractivity contribution is 7.89. The van der Waals surface area contributed by atoms with Crippen LogP contribution in [0.5, 0.6) is 0 Å². The smallest absolute Gasteiger partial charge is 0.290 e. The second kappa shape index (κ2) is 9.81. The molecule has 0 aliphatic carbocycles. The Morgan fingerprint density at radius 3 is 2.34 bits per heavy atom. The molecular weight excluding hydrogens is 428 g/mol. The Labute approximate surface area is 188 Å². The van der Waals surface area contributed by atoms with Gasteiger partial charge in [0.2, 0.25) is 10.0 Å². The first-order valence-corrected chi connectivity index (χ1v) is 12.0. The van der Waals surface area contributed by atoms with E-state index in [-0.39, 0.29) is 17.9 Å². The number of hydrogen-bond donors (Lipinski definition) is 4. The van der Waals surface area contributed by atoms with E-state index in [4.69, 9.17) is 9.90 Å². The zero-order chi connectivity index (χ0) is 23.4. The molecule has 0 unspecified atom stereocenters. The highest BCUT2D eigenvalue weighted by Gasteiger charge is 2.22. The fraction of sp³-hybridized carbons (Fsp3) is 0.391. The number of H-pyrrole nitrogens is 1. The fourth-order valence-corrected chi connectivity index (χ4v) is 5.03. The summed E-state index contributed by atoms with van der Waals surface area (Å²) in [5.41, 5.74) is 3.97. The number of nitrogens with one attached hydrogen (secondary N) is 3. The average Bonchev–Trinajstić information content (AvgIpc) is 3.20. The van der Waals surface area contributed by atoms with Gasteiger partial charge in [0.25, 0.3) is 6.47 Å². The van der Waals surface area contributed by atoms with Crippen molar-refractivity contribution in [1.29, 1.82) is 0 Å². The third kappa shape index (κ3) is 5.53. The predicted molar refractivity (Wildman–Crippen MR) is 125 cm³/mol. The summed E-state index contributed by atoms with van der Waals surface area (Å²) in [6.45, 7) is 7.92. The molecule has 0 amide bonds.